The lowest BCUT2D eigenvalue weighted by molar-refractivity contribution is 0.484. The van der Waals surface area contributed by atoms with Gasteiger partial charge in [0.15, 0.2) is 0 Å². The summed E-state index contributed by atoms with van der Waals surface area (Å²) in [7, 11) is 0. The molecule has 27 heavy (non-hydrogen) atoms. The Balaban J connectivity index is 2.07. The summed E-state index contributed by atoms with van der Waals surface area (Å²) < 4.78 is 0. The van der Waals surface area contributed by atoms with Crippen LogP contribution in [0.15, 0.2) is 55.1 Å². The van der Waals surface area contributed by atoms with E-state index in [0.29, 0.717) is 0 Å². The quantitative estimate of drug-likeness (QED) is 0.233. The van der Waals surface area contributed by atoms with E-state index in [1.54, 1.807) is 0 Å². The summed E-state index contributed by atoms with van der Waals surface area (Å²) >= 11 is 0. The van der Waals surface area contributed by atoms with Crippen molar-refractivity contribution in [2.24, 2.45) is 5.73 Å². The molecular weight excluding hydrogens is 330 g/mol. The Morgan fingerprint density at radius 2 is 1.48 bits per heavy atom. The summed E-state index contributed by atoms with van der Waals surface area (Å²) in [6.45, 7) is 9.09. The van der Waals surface area contributed by atoms with Crippen molar-refractivity contribution in [1.29, 1.82) is 0 Å². The van der Waals surface area contributed by atoms with Crippen LogP contribution in [0, 0.1) is 0 Å². The summed E-state index contributed by atoms with van der Waals surface area (Å²) in [4.78, 5) is 0. The highest BCUT2D eigenvalue weighted by Gasteiger charge is 2.13. The maximum atomic E-state index is 6.38. The van der Waals surface area contributed by atoms with E-state index in [-0.39, 0.29) is 6.17 Å². The van der Waals surface area contributed by atoms with Crippen LogP contribution in [-0.2, 0) is 0 Å². The van der Waals surface area contributed by atoms with E-state index >= 15 is 0 Å². The van der Waals surface area contributed by atoms with E-state index in [2.05, 4.69) is 91.5 Å². The van der Waals surface area contributed by atoms with Crippen molar-refractivity contribution in [1.82, 2.24) is 5.43 Å². The lowest BCUT2D eigenvalue weighted by atomic mass is 10.1. The van der Waals surface area contributed by atoms with Gasteiger partial charge in [-0.05, 0) is 41.7 Å². The molecule has 0 aliphatic carbocycles. The minimum absolute atomic E-state index is 0.0170. The fourth-order valence-electron chi connectivity index (χ4n) is 2.88. The molecule has 3 N–H and O–H groups in total. The van der Waals surface area contributed by atoms with Gasteiger partial charge in [-0.15, -0.1) is 0 Å². The second kappa shape index (κ2) is 11.4. The van der Waals surface area contributed by atoms with Crippen LogP contribution in [0.5, 0.6) is 0 Å². The number of hydrazine groups is 1. The van der Waals surface area contributed by atoms with Crippen molar-refractivity contribution in [3.05, 3.63) is 71.8 Å². The van der Waals surface area contributed by atoms with Gasteiger partial charge in [-0.25, -0.2) is 5.43 Å². The Kier molecular flexibility index (Phi) is 8.82. The van der Waals surface area contributed by atoms with Gasteiger partial charge in [0.25, 0.3) is 0 Å². The third kappa shape index (κ3) is 6.70. The topological polar surface area (TPSA) is 41.3 Å². The first-order valence-electron chi connectivity index (χ1n) is 9.97. The predicted octanol–water partition coefficient (Wildman–Crippen LogP) is 5.70. The van der Waals surface area contributed by atoms with Gasteiger partial charge in [0.05, 0.1) is 11.9 Å². The fourth-order valence-corrected chi connectivity index (χ4v) is 2.88. The minimum Gasteiger partial charge on any atom is -0.310 e. The number of nitrogens with one attached hydrogen (secondary N) is 1. The average molecular weight is 364 g/mol. The van der Waals surface area contributed by atoms with E-state index in [4.69, 9.17) is 5.73 Å². The molecule has 0 saturated carbocycles. The molecule has 0 heterocycles. The zero-order chi connectivity index (χ0) is 19.5. The summed E-state index contributed by atoms with van der Waals surface area (Å²) in [5.41, 5.74) is 14.5. The second-order valence-corrected chi connectivity index (χ2v) is 6.78. The first-order valence-corrected chi connectivity index (χ1v) is 9.97. The Labute approximate surface area is 164 Å². The summed E-state index contributed by atoms with van der Waals surface area (Å²) in [5, 5.41) is 2.11. The Morgan fingerprint density at radius 1 is 0.926 bits per heavy atom. The molecule has 1 atom stereocenters. The fraction of sp³-hybridized carbons (Fsp3) is 0.333. The summed E-state index contributed by atoms with van der Waals surface area (Å²) in [5.74, 6) is 0. The van der Waals surface area contributed by atoms with Gasteiger partial charge in [-0.1, -0.05) is 87.9 Å². The van der Waals surface area contributed by atoms with Gasteiger partial charge in [0.1, 0.15) is 0 Å². The van der Waals surface area contributed by atoms with Crippen LogP contribution in [0.25, 0.3) is 18.2 Å². The second-order valence-electron chi connectivity index (χ2n) is 6.78. The molecule has 3 heteroatoms. The number of anilines is 1. The molecule has 2 rings (SSSR count). The monoisotopic (exact) mass is 363 g/mol. The van der Waals surface area contributed by atoms with Crippen molar-refractivity contribution in [2.75, 3.05) is 11.6 Å². The van der Waals surface area contributed by atoms with E-state index in [9.17, 15) is 0 Å². The standard InChI is InChI=1S/C24H33N3/c1-4-7-19-26-27(24(25)8-5-2)23-17-15-22(16-18-23)14-13-21-11-9-20(6-3)10-12-21/h6,9-18,24,26H,3-5,7-8,19,25H2,1-2H3/b14-13+. The van der Waals surface area contributed by atoms with Gasteiger partial charge < -0.3 is 5.73 Å². The van der Waals surface area contributed by atoms with Crippen LogP contribution in [0.1, 0.15) is 56.2 Å². The molecule has 1 unspecified atom stereocenters. The zero-order valence-electron chi connectivity index (χ0n) is 16.7. The number of nitrogens with two attached hydrogens (primary N) is 1. The van der Waals surface area contributed by atoms with E-state index in [1.165, 1.54) is 17.5 Å². The van der Waals surface area contributed by atoms with Crippen molar-refractivity contribution in [2.45, 2.75) is 45.7 Å². The number of hydrogen-bond acceptors (Lipinski definition) is 3. The normalized spacial score (nSPS) is 12.3. The van der Waals surface area contributed by atoms with Crippen LogP contribution in [0.4, 0.5) is 5.69 Å². The molecule has 0 radical (unpaired) electrons. The smallest absolute Gasteiger partial charge is 0.0923 e. The van der Waals surface area contributed by atoms with Crippen molar-refractivity contribution in [3.8, 4) is 0 Å². The van der Waals surface area contributed by atoms with Crippen molar-refractivity contribution in [3.63, 3.8) is 0 Å². The third-order valence-electron chi connectivity index (χ3n) is 4.54. The molecule has 0 aliphatic rings. The molecule has 2 aromatic carbocycles. The zero-order valence-corrected chi connectivity index (χ0v) is 16.7. The molecule has 0 amide bonds. The van der Waals surface area contributed by atoms with Gasteiger partial charge in [0, 0.05) is 6.54 Å². The van der Waals surface area contributed by atoms with Crippen LogP contribution < -0.4 is 16.2 Å². The Morgan fingerprint density at radius 3 is 2.00 bits per heavy atom. The van der Waals surface area contributed by atoms with Crippen LogP contribution in [0.2, 0.25) is 0 Å². The van der Waals surface area contributed by atoms with E-state index < -0.39 is 0 Å². The van der Waals surface area contributed by atoms with E-state index in [1.807, 2.05) is 6.08 Å². The highest BCUT2D eigenvalue weighted by Crippen LogP contribution is 2.18. The molecule has 0 fully saturated rings. The molecular formula is C24H33N3. The Hall–Kier alpha value is -2.36. The lowest BCUT2D eigenvalue weighted by Gasteiger charge is -2.31. The number of unbranched alkanes of at least 4 members (excludes halogenated alkanes) is 1. The third-order valence-corrected chi connectivity index (χ3v) is 4.54. The lowest BCUT2D eigenvalue weighted by Crippen LogP contribution is -2.51. The summed E-state index contributed by atoms with van der Waals surface area (Å²) in [6.07, 6.45) is 10.4. The van der Waals surface area contributed by atoms with Gasteiger partial charge in [0.2, 0.25) is 0 Å². The number of benzene rings is 2. The van der Waals surface area contributed by atoms with Gasteiger partial charge >= 0.3 is 0 Å². The highest BCUT2D eigenvalue weighted by molar-refractivity contribution is 5.71. The van der Waals surface area contributed by atoms with Gasteiger partial charge in [-0.2, -0.15) is 0 Å². The molecule has 3 nitrogen and oxygen atoms in total. The van der Waals surface area contributed by atoms with Crippen LogP contribution >= 0.6 is 0 Å². The first kappa shape index (κ1) is 20.9. The molecule has 0 spiro atoms. The minimum atomic E-state index is -0.0170. The molecule has 0 bridgehead atoms. The maximum Gasteiger partial charge on any atom is 0.0923 e. The predicted molar refractivity (Wildman–Crippen MR) is 120 cm³/mol. The van der Waals surface area contributed by atoms with E-state index in [0.717, 1.165) is 37.1 Å². The Bertz CT molecular complexity index is 701. The number of hydrogen-bond donors (Lipinski definition) is 2. The molecule has 2 aromatic rings. The maximum absolute atomic E-state index is 6.38. The number of rotatable bonds is 11. The largest absolute Gasteiger partial charge is 0.310 e. The van der Waals surface area contributed by atoms with Crippen LogP contribution in [-0.4, -0.2) is 12.7 Å². The molecule has 0 aliphatic heterocycles. The van der Waals surface area contributed by atoms with Crippen LogP contribution in [0.3, 0.4) is 0 Å². The highest BCUT2D eigenvalue weighted by atomic mass is 15.5. The average Bonchev–Trinajstić information content (AvgIpc) is 2.71. The molecule has 0 aromatic heterocycles. The van der Waals surface area contributed by atoms with Gasteiger partial charge in [-0.3, -0.25) is 5.01 Å². The SMILES string of the molecule is C=Cc1ccc(/C=C/c2ccc(N(NCCCC)C(N)CCC)cc2)cc1. The molecule has 144 valence electrons. The first-order chi connectivity index (χ1) is 13.2. The molecule has 0 saturated heterocycles. The van der Waals surface area contributed by atoms with Crippen molar-refractivity contribution >= 4 is 23.9 Å². The number of nitrogens with zero attached hydrogens (tertiary/aromatic N) is 1. The van der Waals surface area contributed by atoms with Crippen molar-refractivity contribution < 1.29 is 0 Å². The summed E-state index contributed by atoms with van der Waals surface area (Å²) in [6, 6.07) is 16.9.